The number of hydrogen-bond donors (Lipinski definition) is 1. The van der Waals surface area contributed by atoms with Crippen LogP contribution in [0.1, 0.15) is 32.1 Å². The zero-order valence-corrected chi connectivity index (χ0v) is 11.4. The van der Waals surface area contributed by atoms with Gasteiger partial charge in [-0.2, -0.15) is 11.8 Å². The fraction of sp³-hybridized carbons (Fsp3) is 1.00. The average Bonchev–Trinajstić information content (AvgIpc) is 3.13. The van der Waals surface area contributed by atoms with Crippen LogP contribution in [-0.4, -0.2) is 49.1 Å². The van der Waals surface area contributed by atoms with Gasteiger partial charge in [-0.1, -0.05) is 6.42 Å². The second-order valence-corrected chi connectivity index (χ2v) is 6.24. The largest absolute Gasteiger partial charge is 0.311 e. The Labute approximate surface area is 105 Å². The third-order valence-electron chi connectivity index (χ3n) is 3.80. The Morgan fingerprint density at radius 1 is 1.25 bits per heavy atom. The number of rotatable bonds is 7. The molecule has 0 radical (unpaired) electrons. The summed E-state index contributed by atoms with van der Waals surface area (Å²) in [6.45, 7) is 5.13. The van der Waals surface area contributed by atoms with Crippen LogP contribution in [0.25, 0.3) is 0 Å². The van der Waals surface area contributed by atoms with E-state index in [2.05, 4.69) is 16.5 Å². The molecule has 0 aromatic rings. The number of thioether (sulfide) groups is 1. The highest BCUT2D eigenvalue weighted by Crippen LogP contribution is 2.33. The Morgan fingerprint density at radius 2 is 2.12 bits per heavy atom. The molecule has 0 aromatic carbocycles. The molecule has 1 saturated heterocycles. The van der Waals surface area contributed by atoms with Crippen LogP contribution in [0.2, 0.25) is 0 Å². The Kier molecular flexibility index (Phi) is 5.46. The van der Waals surface area contributed by atoms with E-state index in [0.717, 1.165) is 12.0 Å². The van der Waals surface area contributed by atoms with Crippen molar-refractivity contribution in [2.24, 2.45) is 5.92 Å². The smallest absolute Gasteiger partial charge is 0.0223 e. The summed E-state index contributed by atoms with van der Waals surface area (Å²) in [6.07, 6.45) is 9.37. The van der Waals surface area contributed by atoms with Gasteiger partial charge in [-0.05, 0) is 50.2 Å². The SMILES string of the molecule is CSCCCCCN1CCNC(C2CC2)C1. The van der Waals surface area contributed by atoms with Crippen molar-refractivity contribution >= 4 is 11.8 Å². The van der Waals surface area contributed by atoms with Gasteiger partial charge in [-0.3, -0.25) is 0 Å². The van der Waals surface area contributed by atoms with E-state index in [4.69, 9.17) is 0 Å². The second kappa shape index (κ2) is 6.87. The minimum absolute atomic E-state index is 0.819. The molecule has 2 aliphatic rings. The molecule has 1 N–H and O–H groups in total. The topological polar surface area (TPSA) is 15.3 Å². The molecule has 1 aliphatic carbocycles. The Hall–Kier alpha value is 0.270. The van der Waals surface area contributed by atoms with Crippen molar-refractivity contribution in [3.05, 3.63) is 0 Å². The van der Waals surface area contributed by atoms with Crippen LogP contribution < -0.4 is 5.32 Å². The maximum absolute atomic E-state index is 3.68. The van der Waals surface area contributed by atoms with Crippen LogP contribution in [0.4, 0.5) is 0 Å². The summed E-state index contributed by atoms with van der Waals surface area (Å²) in [5.74, 6) is 2.35. The number of unbranched alkanes of at least 4 members (excludes halogenated alkanes) is 2. The van der Waals surface area contributed by atoms with E-state index in [0.29, 0.717) is 0 Å². The fourth-order valence-electron chi connectivity index (χ4n) is 2.62. The van der Waals surface area contributed by atoms with E-state index in [-0.39, 0.29) is 0 Å². The normalized spacial score (nSPS) is 27.2. The Balaban J connectivity index is 1.54. The van der Waals surface area contributed by atoms with E-state index in [1.165, 1.54) is 64.0 Å². The van der Waals surface area contributed by atoms with E-state index in [1.807, 2.05) is 11.8 Å². The lowest BCUT2D eigenvalue weighted by atomic mass is 10.1. The van der Waals surface area contributed by atoms with Gasteiger partial charge in [0, 0.05) is 25.7 Å². The van der Waals surface area contributed by atoms with Gasteiger partial charge in [-0.15, -0.1) is 0 Å². The highest BCUT2D eigenvalue weighted by Gasteiger charge is 2.33. The van der Waals surface area contributed by atoms with Crippen LogP contribution >= 0.6 is 11.8 Å². The summed E-state index contributed by atoms with van der Waals surface area (Å²) in [6, 6.07) is 0.819. The molecule has 0 aromatic heterocycles. The molecule has 0 amide bonds. The van der Waals surface area contributed by atoms with Crippen molar-refractivity contribution < 1.29 is 0 Å². The molecule has 1 atom stereocenters. The molecule has 2 rings (SSSR count). The second-order valence-electron chi connectivity index (χ2n) is 5.25. The van der Waals surface area contributed by atoms with Crippen LogP contribution in [-0.2, 0) is 0 Å². The van der Waals surface area contributed by atoms with Crippen molar-refractivity contribution in [2.75, 3.05) is 38.2 Å². The third kappa shape index (κ3) is 4.27. The highest BCUT2D eigenvalue weighted by atomic mass is 32.2. The monoisotopic (exact) mass is 242 g/mol. The predicted octanol–water partition coefficient (Wildman–Crippen LogP) is 2.20. The highest BCUT2D eigenvalue weighted by molar-refractivity contribution is 7.98. The average molecular weight is 242 g/mol. The minimum atomic E-state index is 0.819. The van der Waals surface area contributed by atoms with Crippen molar-refractivity contribution in [3.8, 4) is 0 Å². The van der Waals surface area contributed by atoms with Gasteiger partial charge in [0.1, 0.15) is 0 Å². The Bertz CT molecular complexity index is 194. The Morgan fingerprint density at radius 3 is 2.88 bits per heavy atom. The van der Waals surface area contributed by atoms with Gasteiger partial charge in [-0.25, -0.2) is 0 Å². The quantitative estimate of drug-likeness (QED) is 0.689. The summed E-state index contributed by atoms with van der Waals surface area (Å²) in [5, 5.41) is 3.68. The summed E-state index contributed by atoms with van der Waals surface area (Å²) in [4.78, 5) is 2.68. The molecule has 0 spiro atoms. The van der Waals surface area contributed by atoms with Crippen LogP contribution in [0.3, 0.4) is 0 Å². The van der Waals surface area contributed by atoms with Gasteiger partial charge in [0.2, 0.25) is 0 Å². The first kappa shape index (κ1) is 12.7. The van der Waals surface area contributed by atoms with Gasteiger partial charge in [0.05, 0.1) is 0 Å². The van der Waals surface area contributed by atoms with Crippen LogP contribution in [0, 0.1) is 5.92 Å². The van der Waals surface area contributed by atoms with Gasteiger partial charge in [0.15, 0.2) is 0 Å². The molecule has 1 unspecified atom stereocenters. The van der Waals surface area contributed by atoms with E-state index in [9.17, 15) is 0 Å². The van der Waals surface area contributed by atoms with E-state index >= 15 is 0 Å². The maximum Gasteiger partial charge on any atom is 0.0223 e. The zero-order chi connectivity index (χ0) is 11.2. The molecule has 94 valence electrons. The first-order chi connectivity index (χ1) is 7.90. The summed E-state index contributed by atoms with van der Waals surface area (Å²) in [7, 11) is 0. The standard InChI is InChI=1S/C13H26N2S/c1-16-10-4-2-3-8-15-9-7-14-13(11-15)12-5-6-12/h12-14H,2-11H2,1H3. The molecular weight excluding hydrogens is 216 g/mol. The summed E-state index contributed by atoms with van der Waals surface area (Å²) < 4.78 is 0. The minimum Gasteiger partial charge on any atom is -0.311 e. The number of hydrogen-bond acceptors (Lipinski definition) is 3. The first-order valence-electron chi connectivity index (χ1n) is 6.85. The number of piperazine rings is 1. The summed E-state index contributed by atoms with van der Waals surface area (Å²) >= 11 is 1.98. The number of nitrogens with zero attached hydrogens (tertiary/aromatic N) is 1. The van der Waals surface area contributed by atoms with Crippen LogP contribution in [0.15, 0.2) is 0 Å². The molecule has 1 saturated carbocycles. The maximum atomic E-state index is 3.68. The lowest BCUT2D eigenvalue weighted by molar-refractivity contribution is 0.186. The number of nitrogens with one attached hydrogen (secondary N) is 1. The molecule has 1 aliphatic heterocycles. The van der Waals surface area contributed by atoms with Gasteiger partial charge >= 0.3 is 0 Å². The van der Waals surface area contributed by atoms with Gasteiger partial charge < -0.3 is 10.2 Å². The molecule has 0 bridgehead atoms. The lowest BCUT2D eigenvalue weighted by Crippen LogP contribution is -2.51. The van der Waals surface area contributed by atoms with Crippen molar-refractivity contribution in [1.82, 2.24) is 10.2 Å². The van der Waals surface area contributed by atoms with Crippen molar-refractivity contribution in [2.45, 2.75) is 38.1 Å². The molecule has 2 fully saturated rings. The van der Waals surface area contributed by atoms with E-state index in [1.54, 1.807) is 0 Å². The van der Waals surface area contributed by atoms with E-state index < -0.39 is 0 Å². The molecule has 2 nitrogen and oxygen atoms in total. The lowest BCUT2D eigenvalue weighted by Gasteiger charge is -2.33. The molecule has 3 heteroatoms. The van der Waals surface area contributed by atoms with Gasteiger partial charge in [0.25, 0.3) is 0 Å². The predicted molar refractivity (Wildman–Crippen MR) is 73.2 cm³/mol. The first-order valence-corrected chi connectivity index (χ1v) is 8.24. The molecular formula is C13H26N2S. The fourth-order valence-corrected chi connectivity index (χ4v) is 3.11. The zero-order valence-electron chi connectivity index (χ0n) is 10.6. The van der Waals surface area contributed by atoms with Crippen molar-refractivity contribution in [1.29, 1.82) is 0 Å². The molecule has 16 heavy (non-hydrogen) atoms. The third-order valence-corrected chi connectivity index (χ3v) is 4.50. The molecule has 1 heterocycles. The van der Waals surface area contributed by atoms with Crippen LogP contribution in [0.5, 0.6) is 0 Å². The van der Waals surface area contributed by atoms with Crippen molar-refractivity contribution in [3.63, 3.8) is 0 Å². The summed E-state index contributed by atoms with van der Waals surface area (Å²) in [5.41, 5.74) is 0.